The number of aryl methyl sites for hydroxylation is 1. The first-order valence-electron chi connectivity index (χ1n) is 9.13. The molecule has 0 N–H and O–H groups in total. The van der Waals surface area contributed by atoms with Gasteiger partial charge in [0.15, 0.2) is 6.29 Å². The normalized spacial score (nSPS) is 10.4. The van der Waals surface area contributed by atoms with E-state index in [0.717, 1.165) is 5.56 Å². The topological polar surface area (TPSA) is 88.9 Å². The van der Waals surface area contributed by atoms with Crippen LogP contribution in [-0.2, 0) is 25.0 Å². The fraction of sp³-hybridized carbons (Fsp3) is 0.227. The summed E-state index contributed by atoms with van der Waals surface area (Å²) in [6.45, 7) is 0.327. The van der Waals surface area contributed by atoms with Crippen molar-refractivity contribution in [2.45, 2.75) is 13.2 Å². The van der Waals surface area contributed by atoms with Gasteiger partial charge in [0.1, 0.15) is 41.9 Å². The molecule has 30 heavy (non-hydrogen) atoms. The molecular weight excluding hydrogens is 388 g/mol. The first kappa shape index (κ1) is 20.9. The van der Waals surface area contributed by atoms with E-state index >= 15 is 0 Å². The molecule has 8 nitrogen and oxygen atoms in total. The largest absolute Gasteiger partial charge is 0.496 e. The summed E-state index contributed by atoms with van der Waals surface area (Å²) in [4.78, 5) is 23.5. The summed E-state index contributed by atoms with van der Waals surface area (Å²) in [6.07, 6.45) is 0.674. The van der Waals surface area contributed by atoms with Crippen LogP contribution in [0.3, 0.4) is 0 Å². The van der Waals surface area contributed by atoms with Gasteiger partial charge in [0.2, 0.25) is 0 Å². The number of esters is 1. The van der Waals surface area contributed by atoms with E-state index in [1.807, 2.05) is 30.3 Å². The van der Waals surface area contributed by atoms with E-state index < -0.39 is 5.97 Å². The standard InChI is InChI=1S/C22H22N2O6/c1-24-19(22(26)28-3)9-16(23-24)14-30-21-11-17(27-2)10-20(18(21)12-25)29-13-15-7-5-4-6-8-15/h4-12H,13-14H2,1-3H3. The summed E-state index contributed by atoms with van der Waals surface area (Å²) >= 11 is 0. The number of methoxy groups -OCH3 is 2. The van der Waals surface area contributed by atoms with E-state index in [2.05, 4.69) is 5.10 Å². The summed E-state index contributed by atoms with van der Waals surface area (Å²) in [5.41, 5.74) is 2.02. The molecule has 0 bridgehead atoms. The van der Waals surface area contributed by atoms with Crippen molar-refractivity contribution in [2.75, 3.05) is 14.2 Å². The van der Waals surface area contributed by atoms with Gasteiger partial charge in [-0.15, -0.1) is 0 Å². The van der Waals surface area contributed by atoms with Gasteiger partial charge in [0, 0.05) is 19.2 Å². The van der Waals surface area contributed by atoms with Crippen molar-refractivity contribution in [3.05, 3.63) is 71.0 Å². The summed E-state index contributed by atoms with van der Waals surface area (Å²) in [5, 5.41) is 4.23. The number of rotatable bonds is 9. The van der Waals surface area contributed by atoms with Gasteiger partial charge in [0.05, 0.1) is 19.8 Å². The van der Waals surface area contributed by atoms with Gasteiger partial charge >= 0.3 is 5.97 Å². The molecule has 0 amide bonds. The Kier molecular flexibility index (Phi) is 6.69. The zero-order valence-electron chi connectivity index (χ0n) is 17.0. The van der Waals surface area contributed by atoms with Gasteiger partial charge in [-0.25, -0.2) is 4.79 Å². The minimum Gasteiger partial charge on any atom is -0.496 e. The van der Waals surface area contributed by atoms with Gasteiger partial charge in [-0.2, -0.15) is 5.10 Å². The van der Waals surface area contributed by atoms with Crippen molar-refractivity contribution in [1.82, 2.24) is 9.78 Å². The molecule has 0 fully saturated rings. The van der Waals surface area contributed by atoms with Gasteiger partial charge in [-0.05, 0) is 11.6 Å². The van der Waals surface area contributed by atoms with E-state index in [-0.39, 0.29) is 24.5 Å². The first-order chi connectivity index (χ1) is 14.5. The van der Waals surface area contributed by atoms with Gasteiger partial charge in [-0.3, -0.25) is 9.48 Å². The number of ether oxygens (including phenoxy) is 4. The highest BCUT2D eigenvalue weighted by atomic mass is 16.5. The molecule has 0 aliphatic carbocycles. The van der Waals surface area contributed by atoms with Crippen LogP contribution in [0.2, 0.25) is 0 Å². The molecule has 3 aromatic rings. The van der Waals surface area contributed by atoms with E-state index in [0.29, 0.717) is 29.2 Å². The Bertz CT molecular complexity index is 1030. The SMILES string of the molecule is COC(=O)c1cc(COc2cc(OC)cc(OCc3ccccc3)c2C=O)nn1C. The fourth-order valence-electron chi connectivity index (χ4n) is 2.83. The highest BCUT2D eigenvalue weighted by Crippen LogP contribution is 2.34. The van der Waals surface area contributed by atoms with E-state index in [4.69, 9.17) is 18.9 Å². The fourth-order valence-corrected chi connectivity index (χ4v) is 2.83. The molecule has 156 valence electrons. The van der Waals surface area contributed by atoms with Gasteiger partial charge in [-0.1, -0.05) is 30.3 Å². The molecule has 2 aromatic carbocycles. The Morgan fingerprint density at radius 3 is 2.30 bits per heavy atom. The van der Waals surface area contributed by atoms with Crippen LogP contribution in [-0.4, -0.2) is 36.3 Å². The molecule has 1 heterocycles. The molecule has 0 aliphatic rings. The number of carbonyl (C=O) groups is 2. The van der Waals surface area contributed by atoms with Crippen LogP contribution in [0.25, 0.3) is 0 Å². The lowest BCUT2D eigenvalue weighted by Crippen LogP contribution is -2.08. The third-order valence-corrected chi connectivity index (χ3v) is 4.37. The lowest BCUT2D eigenvalue weighted by atomic mass is 10.1. The summed E-state index contributed by atoms with van der Waals surface area (Å²) in [7, 11) is 4.45. The number of hydrogen-bond donors (Lipinski definition) is 0. The molecule has 0 atom stereocenters. The zero-order valence-corrected chi connectivity index (χ0v) is 17.0. The predicted octanol–water partition coefficient (Wildman–Crippen LogP) is 3.19. The molecule has 8 heteroatoms. The Labute approximate surface area is 173 Å². The lowest BCUT2D eigenvalue weighted by Gasteiger charge is -2.14. The first-order valence-corrected chi connectivity index (χ1v) is 9.13. The quantitative estimate of drug-likeness (QED) is 0.395. The molecule has 0 radical (unpaired) electrons. The average molecular weight is 410 g/mol. The Hall–Kier alpha value is -3.81. The van der Waals surface area contributed by atoms with E-state index in [1.54, 1.807) is 25.2 Å². The lowest BCUT2D eigenvalue weighted by molar-refractivity contribution is 0.0588. The van der Waals surface area contributed by atoms with E-state index in [9.17, 15) is 9.59 Å². The highest BCUT2D eigenvalue weighted by molar-refractivity contribution is 5.87. The van der Waals surface area contributed by atoms with Crippen molar-refractivity contribution >= 4 is 12.3 Å². The average Bonchev–Trinajstić information content (AvgIpc) is 3.16. The number of nitrogens with zero attached hydrogens (tertiary/aromatic N) is 2. The van der Waals surface area contributed by atoms with Gasteiger partial charge in [0.25, 0.3) is 0 Å². The monoisotopic (exact) mass is 410 g/mol. The second-order valence-corrected chi connectivity index (χ2v) is 6.35. The van der Waals surface area contributed by atoms with E-state index in [1.165, 1.54) is 18.9 Å². The van der Waals surface area contributed by atoms with Crippen LogP contribution in [0, 0.1) is 0 Å². The minimum absolute atomic E-state index is 0.0387. The van der Waals surface area contributed by atoms with Crippen molar-refractivity contribution in [1.29, 1.82) is 0 Å². The smallest absolute Gasteiger partial charge is 0.356 e. The van der Waals surface area contributed by atoms with Crippen LogP contribution in [0.1, 0.15) is 32.1 Å². The maximum Gasteiger partial charge on any atom is 0.356 e. The van der Waals surface area contributed by atoms with Crippen molar-refractivity contribution in [3.8, 4) is 17.2 Å². The molecule has 0 saturated heterocycles. The van der Waals surface area contributed by atoms with Crippen LogP contribution in [0.5, 0.6) is 17.2 Å². The molecule has 3 rings (SSSR count). The predicted molar refractivity (Wildman–Crippen MR) is 108 cm³/mol. The number of hydrogen-bond acceptors (Lipinski definition) is 7. The molecular formula is C22H22N2O6. The molecule has 0 spiro atoms. The summed E-state index contributed by atoms with van der Waals surface area (Å²) < 4.78 is 23.1. The minimum atomic E-state index is -0.497. The highest BCUT2D eigenvalue weighted by Gasteiger charge is 2.17. The van der Waals surface area contributed by atoms with Crippen LogP contribution in [0.15, 0.2) is 48.5 Å². The molecule has 0 unspecified atom stereocenters. The third-order valence-electron chi connectivity index (χ3n) is 4.37. The maximum atomic E-state index is 11.8. The number of benzene rings is 2. The summed E-state index contributed by atoms with van der Waals surface area (Å²) in [5.74, 6) is 0.620. The van der Waals surface area contributed by atoms with Crippen LogP contribution < -0.4 is 14.2 Å². The van der Waals surface area contributed by atoms with Crippen molar-refractivity contribution in [2.24, 2.45) is 7.05 Å². The van der Waals surface area contributed by atoms with Crippen molar-refractivity contribution < 1.29 is 28.5 Å². The Balaban J connectivity index is 1.81. The zero-order chi connectivity index (χ0) is 21.5. The van der Waals surface area contributed by atoms with Gasteiger partial charge < -0.3 is 18.9 Å². The number of carbonyl (C=O) groups excluding carboxylic acids is 2. The van der Waals surface area contributed by atoms with Crippen molar-refractivity contribution in [3.63, 3.8) is 0 Å². The maximum absolute atomic E-state index is 11.8. The molecule has 0 saturated carbocycles. The second kappa shape index (κ2) is 9.60. The molecule has 1 aromatic heterocycles. The number of aldehydes is 1. The molecule has 0 aliphatic heterocycles. The summed E-state index contributed by atoms with van der Waals surface area (Å²) in [6, 6.07) is 14.4. The Morgan fingerprint density at radius 2 is 1.70 bits per heavy atom. The number of aromatic nitrogens is 2. The second-order valence-electron chi connectivity index (χ2n) is 6.35. The van der Waals surface area contributed by atoms with Crippen LogP contribution in [0.4, 0.5) is 0 Å². The third kappa shape index (κ3) is 4.78. The Morgan fingerprint density at radius 1 is 1.03 bits per heavy atom. The van der Waals surface area contributed by atoms with Crippen LogP contribution >= 0.6 is 0 Å².